The molecule has 2 aromatic carbocycles. The molecule has 0 amide bonds. The molecule has 0 unspecified atom stereocenters. The second-order valence-electron chi connectivity index (χ2n) is 6.69. The maximum Gasteiger partial charge on any atom is 0.0164 e. The smallest absolute Gasteiger partial charge is 0.0164 e. The van der Waals surface area contributed by atoms with Gasteiger partial charge in [-0.2, -0.15) is 0 Å². The lowest BCUT2D eigenvalue weighted by Crippen LogP contribution is -2.31. The van der Waals surface area contributed by atoms with Crippen molar-refractivity contribution >= 4 is 17.7 Å². The Bertz CT molecular complexity index is 863. The third-order valence-electron chi connectivity index (χ3n) is 4.63. The molecule has 1 aliphatic carbocycles. The minimum atomic E-state index is -0.0276. The first kappa shape index (κ1) is 13.9. The van der Waals surface area contributed by atoms with Gasteiger partial charge >= 0.3 is 0 Å². The Labute approximate surface area is 127 Å². The SMILES string of the molecule is C=C1/C(=c2/ccc(C)cc2=C)C(C)(C)c2cc(C)ccc21. The van der Waals surface area contributed by atoms with Crippen LogP contribution >= 0.6 is 0 Å². The maximum absolute atomic E-state index is 4.38. The van der Waals surface area contributed by atoms with E-state index < -0.39 is 0 Å². The van der Waals surface area contributed by atoms with Crippen LogP contribution in [0.25, 0.3) is 17.7 Å². The van der Waals surface area contributed by atoms with E-state index in [4.69, 9.17) is 0 Å². The van der Waals surface area contributed by atoms with E-state index >= 15 is 0 Å². The minimum absolute atomic E-state index is 0.0276. The van der Waals surface area contributed by atoms with Gasteiger partial charge in [0, 0.05) is 5.41 Å². The molecule has 0 heteroatoms. The zero-order chi connectivity index (χ0) is 15.4. The van der Waals surface area contributed by atoms with Crippen molar-refractivity contribution < 1.29 is 0 Å². The third-order valence-corrected chi connectivity index (χ3v) is 4.63. The van der Waals surface area contributed by atoms with Gasteiger partial charge in [-0.1, -0.05) is 74.5 Å². The molecular weight excluding hydrogens is 252 g/mol. The largest absolute Gasteiger partial charge is 0.0911 e. The lowest BCUT2D eigenvalue weighted by atomic mass is 9.80. The molecule has 106 valence electrons. The first-order chi connectivity index (χ1) is 9.82. The predicted octanol–water partition coefficient (Wildman–Crippen LogP) is 3.87. The van der Waals surface area contributed by atoms with E-state index in [9.17, 15) is 0 Å². The molecule has 21 heavy (non-hydrogen) atoms. The van der Waals surface area contributed by atoms with Crippen LogP contribution in [-0.4, -0.2) is 0 Å². The number of aryl methyl sites for hydroxylation is 2. The first-order valence-corrected chi connectivity index (χ1v) is 7.43. The van der Waals surface area contributed by atoms with Gasteiger partial charge in [0.05, 0.1) is 0 Å². The van der Waals surface area contributed by atoms with E-state index in [0.717, 1.165) is 10.8 Å². The number of hydrogen-bond donors (Lipinski definition) is 0. The number of allylic oxidation sites excluding steroid dienone is 1. The van der Waals surface area contributed by atoms with Crippen molar-refractivity contribution in [3.8, 4) is 0 Å². The highest BCUT2D eigenvalue weighted by Gasteiger charge is 2.37. The van der Waals surface area contributed by atoms with Crippen molar-refractivity contribution in [2.24, 2.45) is 0 Å². The highest BCUT2D eigenvalue weighted by Crippen LogP contribution is 2.49. The lowest BCUT2D eigenvalue weighted by molar-refractivity contribution is 0.708. The first-order valence-electron chi connectivity index (χ1n) is 7.43. The summed E-state index contributed by atoms with van der Waals surface area (Å²) in [6.45, 7) is 17.5. The summed E-state index contributed by atoms with van der Waals surface area (Å²) in [6, 6.07) is 13.2. The van der Waals surface area contributed by atoms with E-state index in [2.05, 4.69) is 77.3 Å². The van der Waals surface area contributed by atoms with Crippen LogP contribution in [0.5, 0.6) is 0 Å². The fraction of sp³-hybridized carbons (Fsp3) is 0.238. The Morgan fingerprint density at radius 3 is 2.14 bits per heavy atom. The molecule has 3 rings (SSSR count). The molecule has 1 aliphatic rings. The van der Waals surface area contributed by atoms with Gasteiger partial charge in [-0.05, 0) is 46.6 Å². The van der Waals surface area contributed by atoms with Crippen LogP contribution in [0.15, 0.2) is 43.0 Å². The molecule has 0 nitrogen and oxygen atoms in total. The van der Waals surface area contributed by atoms with Crippen molar-refractivity contribution in [1.29, 1.82) is 0 Å². The van der Waals surface area contributed by atoms with Crippen LogP contribution in [0.1, 0.15) is 36.1 Å². The van der Waals surface area contributed by atoms with Gasteiger partial charge in [-0.25, -0.2) is 0 Å². The summed E-state index contributed by atoms with van der Waals surface area (Å²) in [5.41, 5.74) is 7.63. The number of rotatable bonds is 0. The summed E-state index contributed by atoms with van der Waals surface area (Å²) in [4.78, 5) is 0. The van der Waals surface area contributed by atoms with Gasteiger partial charge < -0.3 is 0 Å². The third kappa shape index (κ3) is 1.98. The summed E-state index contributed by atoms with van der Waals surface area (Å²) < 4.78 is 0. The van der Waals surface area contributed by atoms with Crippen molar-refractivity contribution in [2.75, 3.05) is 0 Å². The van der Waals surface area contributed by atoms with Gasteiger partial charge in [0.15, 0.2) is 0 Å². The average Bonchev–Trinajstić information content (AvgIpc) is 2.59. The fourth-order valence-electron chi connectivity index (χ4n) is 3.55. The Kier molecular flexibility index (Phi) is 2.95. The van der Waals surface area contributed by atoms with Gasteiger partial charge in [-0.3, -0.25) is 0 Å². The van der Waals surface area contributed by atoms with Crippen LogP contribution < -0.4 is 10.4 Å². The van der Waals surface area contributed by atoms with Gasteiger partial charge in [0.25, 0.3) is 0 Å². The van der Waals surface area contributed by atoms with Crippen LogP contribution in [0.4, 0.5) is 0 Å². The van der Waals surface area contributed by atoms with E-state index in [0.29, 0.717) is 0 Å². The molecule has 0 aliphatic heterocycles. The molecule has 0 radical (unpaired) electrons. The highest BCUT2D eigenvalue weighted by atomic mass is 14.4. The molecule has 0 aromatic heterocycles. The Hall–Kier alpha value is -2.08. The summed E-state index contributed by atoms with van der Waals surface area (Å²) in [7, 11) is 0. The molecule has 0 N–H and O–H groups in total. The van der Waals surface area contributed by atoms with E-state index in [1.165, 1.54) is 33.0 Å². The molecule has 0 atom stereocenters. The molecule has 0 saturated carbocycles. The van der Waals surface area contributed by atoms with Crippen LogP contribution in [0, 0.1) is 13.8 Å². The van der Waals surface area contributed by atoms with Gasteiger partial charge in [-0.15, -0.1) is 0 Å². The monoisotopic (exact) mass is 274 g/mol. The summed E-state index contributed by atoms with van der Waals surface area (Å²) in [6.07, 6.45) is 0. The number of benzene rings is 2. The Balaban J connectivity index is 2.42. The minimum Gasteiger partial charge on any atom is -0.0911 e. The summed E-state index contributed by atoms with van der Waals surface area (Å²) >= 11 is 0. The molecule has 0 saturated heterocycles. The molecule has 2 aromatic rings. The van der Waals surface area contributed by atoms with Gasteiger partial charge in [0.2, 0.25) is 0 Å². The standard InChI is InChI=1S/C21H22/c1-13-7-9-17(15(3)11-13)20-16(4)18-10-8-14(2)12-19(18)21(20,5)6/h7-12H,3-4H2,1-2,5-6H3/b20-17+. The van der Waals surface area contributed by atoms with Crippen LogP contribution in [-0.2, 0) is 5.41 Å². The molecule has 0 fully saturated rings. The maximum atomic E-state index is 4.38. The average molecular weight is 274 g/mol. The van der Waals surface area contributed by atoms with Crippen molar-refractivity contribution in [3.63, 3.8) is 0 Å². The normalized spacial score (nSPS) is 18.8. The number of hydrogen-bond acceptors (Lipinski definition) is 0. The van der Waals surface area contributed by atoms with Gasteiger partial charge in [0.1, 0.15) is 0 Å². The molecule has 0 bridgehead atoms. The van der Waals surface area contributed by atoms with Crippen molar-refractivity contribution in [3.05, 3.63) is 75.7 Å². The highest BCUT2D eigenvalue weighted by molar-refractivity contribution is 6.06. The van der Waals surface area contributed by atoms with Crippen LogP contribution in [0.3, 0.4) is 0 Å². The summed E-state index contributed by atoms with van der Waals surface area (Å²) in [5, 5.41) is 2.31. The van der Waals surface area contributed by atoms with E-state index in [1.807, 2.05) is 0 Å². The quantitative estimate of drug-likeness (QED) is 0.684. The Morgan fingerprint density at radius 2 is 1.48 bits per heavy atom. The zero-order valence-corrected chi connectivity index (χ0v) is 13.4. The number of fused-ring (bicyclic) bond motifs is 1. The predicted molar refractivity (Wildman–Crippen MR) is 92.6 cm³/mol. The zero-order valence-electron chi connectivity index (χ0n) is 13.4. The fourth-order valence-corrected chi connectivity index (χ4v) is 3.55. The summed E-state index contributed by atoms with van der Waals surface area (Å²) in [5.74, 6) is 0. The van der Waals surface area contributed by atoms with Crippen molar-refractivity contribution in [2.45, 2.75) is 33.1 Å². The van der Waals surface area contributed by atoms with Crippen LogP contribution in [0.2, 0.25) is 0 Å². The molecular formula is C21H22. The molecule has 0 heterocycles. The Morgan fingerprint density at radius 1 is 0.857 bits per heavy atom. The topological polar surface area (TPSA) is 0 Å². The van der Waals surface area contributed by atoms with E-state index in [1.54, 1.807) is 0 Å². The van der Waals surface area contributed by atoms with E-state index in [-0.39, 0.29) is 5.41 Å². The molecule has 0 spiro atoms. The van der Waals surface area contributed by atoms with Crippen molar-refractivity contribution in [1.82, 2.24) is 0 Å². The second kappa shape index (κ2) is 4.46. The lowest BCUT2D eigenvalue weighted by Gasteiger charge is -2.22. The second-order valence-corrected chi connectivity index (χ2v) is 6.69.